The molecule has 2 rings (SSSR count). The van der Waals surface area contributed by atoms with Gasteiger partial charge in [-0.2, -0.15) is 0 Å². The van der Waals surface area contributed by atoms with Gasteiger partial charge in [0, 0.05) is 16.1 Å². The number of hydrogen-bond acceptors (Lipinski definition) is 5. The van der Waals surface area contributed by atoms with Gasteiger partial charge in [0.15, 0.2) is 5.82 Å². The van der Waals surface area contributed by atoms with Crippen molar-refractivity contribution in [3.63, 3.8) is 0 Å². The molecule has 0 bridgehead atoms. The monoisotopic (exact) mass is 411 g/mol. The maximum Gasteiger partial charge on any atom is 0.321 e. The number of urea groups is 1. The molecule has 7 nitrogen and oxygen atoms in total. The number of amides is 3. The van der Waals surface area contributed by atoms with Crippen molar-refractivity contribution in [3.05, 3.63) is 28.7 Å². The highest BCUT2D eigenvalue weighted by Gasteiger charge is 2.13. The molecule has 2 aromatic rings. The summed E-state index contributed by atoms with van der Waals surface area (Å²) in [7, 11) is 0. The second-order valence-electron chi connectivity index (χ2n) is 5.07. The molecule has 0 saturated carbocycles. The zero-order chi connectivity index (χ0) is 17.5. The van der Waals surface area contributed by atoms with Gasteiger partial charge in [-0.1, -0.05) is 52.8 Å². The molecule has 1 heterocycles. The molecular weight excluding hydrogens is 394 g/mol. The molecule has 0 radical (unpaired) electrons. The molecule has 0 fully saturated rings. The molecule has 0 spiro atoms. The first-order valence-electron chi connectivity index (χ1n) is 7.40. The van der Waals surface area contributed by atoms with E-state index in [0.29, 0.717) is 11.0 Å². The summed E-state index contributed by atoms with van der Waals surface area (Å²) < 4.78 is 0.900. The topological polar surface area (TPSA) is 99.8 Å². The van der Waals surface area contributed by atoms with E-state index >= 15 is 0 Å². The van der Waals surface area contributed by atoms with Crippen LogP contribution in [0.15, 0.2) is 33.9 Å². The molecule has 3 N–H and O–H groups in total. The van der Waals surface area contributed by atoms with Crippen molar-refractivity contribution in [2.75, 3.05) is 5.75 Å². The van der Waals surface area contributed by atoms with E-state index in [-0.39, 0.29) is 11.8 Å². The van der Waals surface area contributed by atoms with E-state index in [1.54, 1.807) is 0 Å². The zero-order valence-electron chi connectivity index (χ0n) is 13.3. The lowest BCUT2D eigenvalue weighted by Crippen LogP contribution is -2.43. The van der Waals surface area contributed by atoms with Gasteiger partial charge in [0.25, 0.3) is 0 Å². The predicted octanol–water partition coefficient (Wildman–Crippen LogP) is 2.95. The van der Waals surface area contributed by atoms with Crippen LogP contribution in [0.25, 0.3) is 11.4 Å². The molecule has 0 aliphatic carbocycles. The first-order valence-corrected chi connectivity index (χ1v) is 9.18. The molecular formula is C15H18BrN5O2S. The minimum absolute atomic E-state index is 0.0188. The summed E-state index contributed by atoms with van der Waals surface area (Å²) >= 11 is 4.61. The van der Waals surface area contributed by atoms with Crippen LogP contribution in [0.2, 0.25) is 0 Å². The Balaban J connectivity index is 1.86. The smallest absolute Gasteiger partial charge is 0.321 e. The highest BCUT2D eigenvalue weighted by atomic mass is 79.9. The third-order valence-corrected chi connectivity index (χ3v) is 4.71. The van der Waals surface area contributed by atoms with E-state index in [1.807, 2.05) is 38.1 Å². The van der Waals surface area contributed by atoms with Crippen molar-refractivity contribution in [2.45, 2.75) is 31.5 Å². The number of benzene rings is 1. The van der Waals surface area contributed by atoms with E-state index in [2.05, 4.69) is 41.7 Å². The average molecular weight is 412 g/mol. The lowest BCUT2D eigenvalue weighted by Gasteiger charge is -2.11. The van der Waals surface area contributed by atoms with E-state index in [1.165, 1.54) is 0 Å². The van der Waals surface area contributed by atoms with Crippen LogP contribution in [0.5, 0.6) is 0 Å². The van der Waals surface area contributed by atoms with Crippen LogP contribution in [0.3, 0.4) is 0 Å². The Hall–Kier alpha value is -1.87. The van der Waals surface area contributed by atoms with Crippen LogP contribution in [-0.4, -0.2) is 38.9 Å². The number of aromatic amines is 1. The largest absolute Gasteiger partial charge is 0.335 e. The van der Waals surface area contributed by atoms with Crippen molar-refractivity contribution in [1.29, 1.82) is 0 Å². The van der Waals surface area contributed by atoms with Crippen molar-refractivity contribution in [3.8, 4) is 11.4 Å². The van der Waals surface area contributed by atoms with Gasteiger partial charge < -0.3 is 5.32 Å². The molecule has 3 amide bonds. The fraction of sp³-hybridized carbons (Fsp3) is 0.333. The third-order valence-electron chi connectivity index (χ3n) is 3.17. The van der Waals surface area contributed by atoms with Gasteiger partial charge in [0.05, 0.1) is 5.75 Å². The van der Waals surface area contributed by atoms with Gasteiger partial charge in [-0.3, -0.25) is 15.2 Å². The molecule has 9 heteroatoms. The molecule has 0 aliphatic rings. The summed E-state index contributed by atoms with van der Waals surface area (Å²) in [4.78, 5) is 27.7. The Morgan fingerprint density at radius 2 is 2.12 bits per heavy atom. The van der Waals surface area contributed by atoms with E-state index in [0.717, 1.165) is 28.2 Å². The Labute approximate surface area is 152 Å². The van der Waals surface area contributed by atoms with Gasteiger partial charge in [0.2, 0.25) is 11.1 Å². The Kier molecular flexibility index (Phi) is 6.80. The second kappa shape index (κ2) is 8.84. The van der Waals surface area contributed by atoms with Gasteiger partial charge in [-0.05, 0) is 19.4 Å². The normalized spacial score (nSPS) is 11.8. The number of H-pyrrole nitrogens is 1. The van der Waals surface area contributed by atoms with Crippen molar-refractivity contribution in [1.82, 2.24) is 25.8 Å². The number of nitrogens with one attached hydrogen (secondary N) is 3. The number of carbonyl (C=O) groups is 2. The first-order chi connectivity index (χ1) is 11.5. The molecule has 128 valence electrons. The van der Waals surface area contributed by atoms with E-state index in [4.69, 9.17) is 0 Å². The molecule has 0 saturated heterocycles. The first kappa shape index (κ1) is 18.5. The standard InChI is InChI=1S/C15H18BrN5O2S/c1-3-9(2)17-14(23)18-12(22)8-24-15-19-13(20-21-15)10-6-4-5-7-11(10)16/h4-7,9H,3,8H2,1-2H3,(H,19,20,21)(H2,17,18,22,23)/t9-/m0/s1. The lowest BCUT2D eigenvalue weighted by atomic mass is 10.2. The summed E-state index contributed by atoms with van der Waals surface area (Å²) in [5, 5.41) is 12.3. The summed E-state index contributed by atoms with van der Waals surface area (Å²) in [6.45, 7) is 3.82. The van der Waals surface area contributed by atoms with Crippen LogP contribution < -0.4 is 10.6 Å². The summed E-state index contributed by atoms with van der Waals surface area (Å²) in [5.74, 6) is 0.272. The molecule has 0 unspecified atom stereocenters. The lowest BCUT2D eigenvalue weighted by molar-refractivity contribution is -0.117. The van der Waals surface area contributed by atoms with Gasteiger partial charge >= 0.3 is 6.03 Å². The summed E-state index contributed by atoms with van der Waals surface area (Å²) in [6, 6.07) is 7.16. The summed E-state index contributed by atoms with van der Waals surface area (Å²) in [5.41, 5.74) is 0.884. The number of halogens is 1. The van der Waals surface area contributed by atoms with Crippen LogP contribution in [-0.2, 0) is 4.79 Å². The number of hydrogen-bond donors (Lipinski definition) is 3. The minimum atomic E-state index is -0.487. The molecule has 1 aromatic heterocycles. The SMILES string of the molecule is CC[C@H](C)NC(=O)NC(=O)CSc1n[nH]c(-c2ccccc2Br)n1. The number of aromatic nitrogens is 3. The summed E-state index contributed by atoms with van der Waals surface area (Å²) in [6.07, 6.45) is 0.797. The van der Waals surface area contributed by atoms with Crippen LogP contribution in [0, 0.1) is 0 Å². The van der Waals surface area contributed by atoms with Crippen molar-refractivity contribution in [2.24, 2.45) is 0 Å². The Morgan fingerprint density at radius 1 is 1.38 bits per heavy atom. The van der Waals surface area contributed by atoms with Crippen LogP contribution in [0.4, 0.5) is 4.79 Å². The highest BCUT2D eigenvalue weighted by Crippen LogP contribution is 2.26. The predicted molar refractivity (Wildman–Crippen MR) is 96.7 cm³/mol. The number of nitrogens with zero attached hydrogens (tertiary/aromatic N) is 2. The number of imide groups is 1. The van der Waals surface area contributed by atoms with Crippen LogP contribution in [0.1, 0.15) is 20.3 Å². The number of thioether (sulfide) groups is 1. The third kappa shape index (κ3) is 5.34. The maximum atomic E-state index is 11.8. The van der Waals surface area contributed by atoms with E-state index < -0.39 is 11.9 Å². The fourth-order valence-electron chi connectivity index (χ4n) is 1.74. The number of rotatable bonds is 6. The maximum absolute atomic E-state index is 11.8. The average Bonchev–Trinajstić information content (AvgIpc) is 3.01. The molecule has 1 atom stereocenters. The Morgan fingerprint density at radius 3 is 2.83 bits per heavy atom. The fourth-order valence-corrected chi connectivity index (χ4v) is 2.81. The van der Waals surface area contributed by atoms with Crippen LogP contribution >= 0.6 is 27.7 Å². The van der Waals surface area contributed by atoms with Gasteiger partial charge in [0.1, 0.15) is 0 Å². The highest BCUT2D eigenvalue weighted by molar-refractivity contribution is 9.10. The van der Waals surface area contributed by atoms with Gasteiger partial charge in [-0.25, -0.2) is 9.78 Å². The quantitative estimate of drug-likeness (QED) is 0.634. The van der Waals surface area contributed by atoms with Gasteiger partial charge in [-0.15, -0.1) is 5.10 Å². The molecule has 24 heavy (non-hydrogen) atoms. The Bertz CT molecular complexity index is 721. The zero-order valence-corrected chi connectivity index (χ0v) is 15.7. The second-order valence-corrected chi connectivity index (χ2v) is 6.86. The molecule has 0 aliphatic heterocycles. The van der Waals surface area contributed by atoms with E-state index in [9.17, 15) is 9.59 Å². The van der Waals surface area contributed by atoms with Crippen molar-refractivity contribution < 1.29 is 9.59 Å². The van der Waals surface area contributed by atoms with Crippen molar-refractivity contribution >= 4 is 39.6 Å². The number of carbonyl (C=O) groups excluding carboxylic acids is 2. The minimum Gasteiger partial charge on any atom is -0.335 e. The molecule has 1 aromatic carbocycles.